The zero-order valence-corrected chi connectivity index (χ0v) is 24.8. The molecular formula is C31H43NO10. The Morgan fingerprint density at radius 2 is 1.81 bits per heavy atom. The van der Waals surface area contributed by atoms with Crippen molar-refractivity contribution in [2.24, 2.45) is 16.7 Å². The van der Waals surface area contributed by atoms with Crippen LogP contribution in [0.4, 0.5) is 0 Å². The number of aliphatic hydroxyl groups is 4. The van der Waals surface area contributed by atoms with Crippen LogP contribution in [0.2, 0.25) is 0 Å². The first-order valence-electron chi connectivity index (χ1n) is 15.1. The molecule has 0 aromatic heterocycles. The number of fused-ring (bicyclic) bond motifs is 2. The van der Waals surface area contributed by atoms with Crippen LogP contribution in [0.5, 0.6) is 11.5 Å². The van der Waals surface area contributed by atoms with Gasteiger partial charge in [0.2, 0.25) is 6.29 Å². The van der Waals surface area contributed by atoms with Gasteiger partial charge in [0.15, 0.2) is 17.6 Å². The van der Waals surface area contributed by atoms with Crippen molar-refractivity contribution >= 4 is 5.97 Å². The van der Waals surface area contributed by atoms with Crippen LogP contribution in [0.1, 0.15) is 64.5 Å². The number of carboxylic acid groups (broad SMARTS) is 1. The summed E-state index contributed by atoms with van der Waals surface area (Å²) in [6.07, 6.45) is -4.97. The first-order valence-corrected chi connectivity index (χ1v) is 15.1. The molecule has 2 saturated heterocycles. The minimum atomic E-state index is -1.81. The van der Waals surface area contributed by atoms with Crippen molar-refractivity contribution in [3.8, 4) is 11.5 Å². The van der Waals surface area contributed by atoms with Crippen molar-refractivity contribution in [2.75, 3.05) is 13.7 Å². The molecule has 0 amide bonds. The SMILES string of the molecule is CO[C@]12CC[C@@]3(C[C@@H]1C(C)(O)C(C)(C)C)[C@H]1Cc4ccc(O[C@@H]5O[C@H](C(=O)O)[C@@H](O)[C@H](O)[C@H]5O)c5c4[C@@]3(CCN1)[C@H]2O5. The number of rotatable bonds is 5. The first kappa shape index (κ1) is 28.8. The lowest BCUT2D eigenvalue weighted by Gasteiger charge is -2.74. The van der Waals surface area contributed by atoms with Gasteiger partial charge in [0.1, 0.15) is 30.0 Å². The number of ether oxygens (including phenoxy) is 4. The molecule has 4 aliphatic carbocycles. The number of carboxylic acids is 1. The van der Waals surface area contributed by atoms with Crippen LogP contribution < -0.4 is 14.8 Å². The predicted molar refractivity (Wildman–Crippen MR) is 147 cm³/mol. The maximum absolute atomic E-state index is 12.2. The smallest absolute Gasteiger partial charge is 0.335 e. The monoisotopic (exact) mass is 589 g/mol. The van der Waals surface area contributed by atoms with Gasteiger partial charge in [-0.2, -0.15) is 0 Å². The van der Waals surface area contributed by atoms with Crippen molar-refractivity contribution in [3.05, 3.63) is 23.3 Å². The third kappa shape index (κ3) is 3.23. The minimum absolute atomic E-state index is 0.192. The van der Waals surface area contributed by atoms with E-state index in [4.69, 9.17) is 18.9 Å². The summed E-state index contributed by atoms with van der Waals surface area (Å²) in [6.45, 7) is 8.92. The summed E-state index contributed by atoms with van der Waals surface area (Å²) in [5.41, 5.74) is -0.637. The molecule has 12 atom stereocenters. The number of hydrogen-bond acceptors (Lipinski definition) is 10. The molecule has 0 radical (unpaired) electrons. The zero-order chi connectivity index (χ0) is 30.2. The highest BCUT2D eigenvalue weighted by molar-refractivity contribution is 5.73. The van der Waals surface area contributed by atoms with Gasteiger partial charge in [0, 0.05) is 35.5 Å². The van der Waals surface area contributed by atoms with Crippen LogP contribution in [-0.2, 0) is 26.1 Å². The van der Waals surface area contributed by atoms with Gasteiger partial charge in [-0.05, 0) is 62.6 Å². The van der Waals surface area contributed by atoms with Crippen molar-refractivity contribution in [3.63, 3.8) is 0 Å². The van der Waals surface area contributed by atoms with E-state index in [0.29, 0.717) is 5.75 Å². The quantitative estimate of drug-likeness (QED) is 0.288. The Labute approximate surface area is 245 Å². The highest BCUT2D eigenvalue weighted by Gasteiger charge is 2.81. The van der Waals surface area contributed by atoms with E-state index in [1.165, 1.54) is 0 Å². The average molecular weight is 590 g/mol. The van der Waals surface area contributed by atoms with E-state index >= 15 is 0 Å². The summed E-state index contributed by atoms with van der Waals surface area (Å²) in [6, 6.07) is 3.94. The standard InChI is InChI=1S/C31H43NO10/c1-27(2,3)28(4,38)16-13-29-8-9-31(16,39-5)26-30(29)10-11-32-17(29)12-14-6-7-15(22(42-26)18(14)30)40-25-21(35)19(33)20(34)23(41-25)24(36)37/h6-7,16-17,19-21,23,25-26,32-35,38H,8-13H2,1-5H3,(H,36,37)/t16-,17-,19+,20+,21-,23+,25-,26-,28?,29-,30+,31-/m1/s1. The van der Waals surface area contributed by atoms with Crippen LogP contribution in [-0.4, -0.2) is 99.2 Å². The highest BCUT2D eigenvalue weighted by atomic mass is 16.7. The molecule has 3 saturated carbocycles. The molecular weight excluding hydrogens is 546 g/mol. The molecule has 3 heterocycles. The molecule has 2 spiro atoms. The molecule has 4 bridgehead atoms. The summed E-state index contributed by atoms with van der Waals surface area (Å²) in [7, 11) is 1.72. The molecule has 1 aromatic rings. The topological polar surface area (TPSA) is 167 Å². The number of benzene rings is 1. The molecule has 8 rings (SSSR count). The average Bonchev–Trinajstić information content (AvgIpc) is 3.30. The Hall–Kier alpha value is -1.99. The van der Waals surface area contributed by atoms with E-state index in [2.05, 4.69) is 26.1 Å². The number of aliphatic carboxylic acids is 1. The van der Waals surface area contributed by atoms with Gasteiger partial charge < -0.3 is 49.8 Å². The summed E-state index contributed by atoms with van der Waals surface area (Å²) in [5.74, 6) is -0.895. The summed E-state index contributed by atoms with van der Waals surface area (Å²) < 4.78 is 25.1. The van der Waals surface area contributed by atoms with Crippen LogP contribution in [0.25, 0.3) is 0 Å². The number of methoxy groups -OCH3 is 1. The fraction of sp³-hybridized carbons (Fsp3) is 0.774. The normalized spacial score (nSPS) is 46.4. The number of nitrogens with one attached hydrogen (secondary N) is 1. The lowest BCUT2D eigenvalue weighted by molar-refractivity contribution is -0.303. The molecule has 1 aromatic carbocycles. The van der Waals surface area contributed by atoms with Crippen molar-refractivity contribution in [1.29, 1.82) is 0 Å². The number of piperidine rings is 1. The predicted octanol–water partition coefficient (Wildman–Crippen LogP) is 0.857. The van der Waals surface area contributed by atoms with Crippen LogP contribution >= 0.6 is 0 Å². The largest absolute Gasteiger partial charge is 0.482 e. The lowest BCUT2D eigenvalue weighted by atomic mass is 9.33. The van der Waals surface area contributed by atoms with Crippen molar-refractivity contribution in [1.82, 2.24) is 5.32 Å². The first-order chi connectivity index (χ1) is 19.7. The van der Waals surface area contributed by atoms with Crippen molar-refractivity contribution < 1.29 is 49.3 Å². The maximum Gasteiger partial charge on any atom is 0.335 e. The van der Waals surface area contributed by atoms with Gasteiger partial charge in [0.05, 0.1) is 5.60 Å². The Balaban J connectivity index is 1.36. The molecule has 11 nitrogen and oxygen atoms in total. The van der Waals surface area contributed by atoms with E-state index in [1.54, 1.807) is 13.2 Å². The highest BCUT2D eigenvalue weighted by Crippen LogP contribution is 2.77. The number of hydrogen-bond donors (Lipinski definition) is 6. The second-order valence-electron chi connectivity index (χ2n) is 14.7. The Morgan fingerprint density at radius 1 is 1.07 bits per heavy atom. The van der Waals surface area contributed by atoms with Gasteiger partial charge in [-0.15, -0.1) is 0 Å². The van der Waals surface area contributed by atoms with Gasteiger partial charge in [-0.1, -0.05) is 26.8 Å². The molecule has 3 aliphatic heterocycles. The zero-order valence-electron chi connectivity index (χ0n) is 24.8. The van der Waals surface area contributed by atoms with Gasteiger partial charge in [-0.25, -0.2) is 4.79 Å². The molecule has 42 heavy (non-hydrogen) atoms. The van der Waals surface area contributed by atoms with Crippen molar-refractivity contribution in [2.45, 2.75) is 119 Å². The summed E-state index contributed by atoms with van der Waals surface area (Å²) in [4.78, 5) is 11.7. The van der Waals surface area contributed by atoms with Crippen LogP contribution in [0.15, 0.2) is 12.1 Å². The summed E-state index contributed by atoms with van der Waals surface area (Å²) >= 11 is 0. The summed E-state index contributed by atoms with van der Waals surface area (Å²) in [5, 5.41) is 56.8. The van der Waals surface area contributed by atoms with Gasteiger partial charge in [-0.3, -0.25) is 0 Å². The fourth-order valence-electron chi connectivity index (χ4n) is 9.88. The fourth-order valence-corrected chi connectivity index (χ4v) is 9.88. The second-order valence-corrected chi connectivity index (χ2v) is 14.7. The van der Waals surface area contributed by atoms with Crippen LogP contribution in [0, 0.1) is 16.7 Å². The Morgan fingerprint density at radius 3 is 2.48 bits per heavy atom. The molecule has 5 fully saturated rings. The third-order valence-corrected chi connectivity index (χ3v) is 12.4. The van der Waals surface area contributed by atoms with Gasteiger partial charge in [0.25, 0.3) is 0 Å². The van der Waals surface area contributed by atoms with E-state index in [-0.39, 0.29) is 23.1 Å². The Kier molecular flexibility index (Phi) is 6.03. The molecule has 7 aliphatic rings. The maximum atomic E-state index is 12.2. The van der Waals surface area contributed by atoms with E-state index in [1.807, 2.05) is 13.0 Å². The van der Waals surface area contributed by atoms with E-state index in [0.717, 1.165) is 49.8 Å². The Bertz CT molecular complexity index is 1310. The third-order valence-electron chi connectivity index (χ3n) is 12.4. The molecule has 232 valence electrons. The lowest BCUT2D eigenvalue weighted by Crippen LogP contribution is -2.83. The number of carbonyl (C=O) groups is 1. The van der Waals surface area contributed by atoms with Gasteiger partial charge >= 0.3 is 5.97 Å². The molecule has 1 unspecified atom stereocenters. The van der Waals surface area contributed by atoms with E-state index < -0.39 is 64.8 Å². The molecule has 6 N–H and O–H groups in total. The second kappa shape index (κ2) is 8.80. The van der Waals surface area contributed by atoms with E-state index in [9.17, 15) is 30.3 Å². The number of aliphatic hydroxyl groups excluding tert-OH is 3. The minimum Gasteiger partial charge on any atom is -0.482 e. The van der Waals surface area contributed by atoms with Crippen LogP contribution in [0.3, 0.4) is 0 Å². The molecule has 11 heteroatoms.